The normalized spacial score (nSPS) is 16.0. The van der Waals surface area contributed by atoms with Crippen molar-refractivity contribution in [3.8, 4) is 11.3 Å². The number of H-pyrrole nitrogens is 1. The van der Waals surface area contributed by atoms with Gasteiger partial charge >= 0.3 is 0 Å². The number of carbonyl (C=O) groups is 10. The first-order valence-electron chi connectivity index (χ1n) is 25.1. The third-order valence-electron chi connectivity index (χ3n) is 11.9. The van der Waals surface area contributed by atoms with Crippen molar-refractivity contribution < 1.29 is 58.2 Å². The van der Waals surface area contributed by atoms with Gasteiger partial charge in [-0.25, -0.2) is 0 Å². The molecule has 0 aliphatic carbocycles. The number of rotatable bonds is 29. The van der Waals surface area contributed by atoms with Crippen LogP contribution < -0.4 is 58.9 Å². The Hall–Kier alpha value is -7.51. The average molecular weight is 1050 g/mol. The van der Waals surface area contributed by atoms with E-state index in [0.717, 1.165) is 28.6 Å². The number of benzene rings is 2. The molecule has 410 valence electrons. The Balaban J connectivity index is 1.25. The number of primary amides is 1. The molecular formula is C50H73N13O12. The van der Waals surface area contributed by atoms with Crippen molar-refractivity contribution in [1.82, 2.24) is 63.4 Å². The quantitative estimate of drug-likeness (QED) is 0.0323. The molecule has 75 heavy (non-hydrogen) atoms. The molecule has 0 unspecified atom stereocenters. The second-order valence-corrected chi connectivity index (χ2v) is 19.4. The summed E-state index contributed by atoms with van der Waals surface area (Å²) >= 11 is 0. The highest BCUT2D eigenvalue weighted by molar-refractivity contribution is 5.99. The Morgan fingerprint density at radius 1 is 0.640 bits per heavy atom. The molecule has 1 aromatic heterocycles. The molecule has 25 heteroatoms. The molecular weight excluding hydrogens is 975 g/mol. The van der Waals surface area contributed by atoms with E-state index in [1.54, 1.807) is 39.8 Å². The summed E-state index contributed by atoms with van der Waals surface area (Å²) in [5.74, 6) is -8.32. The van der Waals surface area contributed by atoms with Crippen molar-refractivity contribution in [3.05, 3.63) is 54.1 Å². The smallest absolute Gasteiger partial charge is 0.251 e. The molecule has 2 heterocycles. The van der Waals surface area contributed by atoms with Crippen molar-refractivity contribution in [2.45, 2.75) is 129 Å². The number of para-hydroxylation sites is 1. The summed E-state index contributed by atoms with van der Waals surface area (Å²) < 4.78 is 0. The highest BCUT2D eigenvalue weighted by atomic mass is 16.3. The minimum Gasteiger partial charge on any atom is -0.391 e. The fraction of sp³-hybridized carbons (Fsp3) is 0.540. The molecule has 25 nitrogen and oxygen atoms in total. The molecule has 3 aromatic rings. The van der Waals surface area contributed by atoms with E-state index in [0.29, 0.717) is 24.9 Å². The number of aromatic nitrogens is 2. The predicted octanol–water partition coefficient (Wildman–Crippen LogP) is -2.40. The van der Waals surface area contributed by atoms with Crippen LogP contribution in [0, 0.1) is 11.8 Å². The Kier molecular flexibility index (Phi) is 23.5. The fourth-order valence-corrected chi connectivity index (χ4v) is 8.02. The topological polar surface area (TPSA) is 386 Å². The van der Waals surface area contributed by atoms with Crippen molar-refractivity contribution >= 4 is 70.0 Å². The molecule has 1 saturated heterocycles. The van der Waals surface area contributed by atoms with Crippen LogP contribution in [-0.4, -0.2) is 161 Å². The van der Waals surface area contributed by atoms with E-state index < -0.39 is 121 Å². The highest BCUT2D eigenvalue weighted by Gasteiger charge is 2.37. The molecule has 1 aliphatic rings. The lowest BCUT2D eigenvalue weighted by molar-refractivity contribution is -0.138. The number of nitrogens with one attached hydrogen (secondary N) is 11. The van der Waals surface area contributed by atoms with Crippen LogP contribution in [0.4, 0.5) is 0 Å². The minimum atomic E-state index is -1.69. The van der Waals surface area contributed by atoms with Crippen LogP contribution in [0.15, 0.2) is 48.5 Å². The molecule has 0 bridgehead atoms. The second-order valence-electron chi connectivity index (χ2n) is 19.4. The summed E-state index contributed by atoms with van der Waals surface area (Å²) in [6.07, 6.45) is -2.03. The van der Waals surface area contributed by atoms with Gasteiger partial charge in [-0.3, -0.25) is 53.0 Å². The van der Waals surface area contributed by atoms with Gasteiger partial charge in [0.25, 0.3) is 5.91 Å². The van der Waals surface area contributed by atoms with Crippen LogP contribution >= 0.6 is 0 Å². The van der Waals surface area contributed by atoms with E-state index in [1.807, 2.05) is 36.4 Å². The predicted molar refractivity (Wildman–Crippen MR) is 274 cm³/mol. The molecule has 0 saturated carbocycles. The van der Waals surface area contributed by atoms with Gasteiger partial charge in [-0.1, -0.05) is 58.0 Å². The molecule has 2 aromatic carbocycles. The Morgan fingerprint density at radius 3 is 1.80 bits per heavy atom. The molecule has 10 amide bonds. The van der Waals surface area contributed by atoms with Gasteiger partial charge in [0.1, 0.15) is 30.2 Å². The first-order valence-corrected chi connectivity index (χ1v) is 25.1. The molecule has 1 aliphatic heterocycles. The summed E-state index contributed by atoms with van der Waals surface area (Å²) in [6.45, 7) is 9.46. The lowest BCUT2D eigenvalue weighted by Crippen LogP contribution is -2.63. The van der Waals surface area contributed by atoms with Crippen molar-refractivity contribution in [2.75, 3.05) is 32.7 Å². The van der Waals surface area contributed by atoms with E-state index in [1.165, 1.54) is 13.8 Å². The third-order valence-corrected chi connectivity index (χ3v) is 11.9. The standard InChI is InChI=1S/C50H73N13O12/c1-26(2)21-35(45(70)56-25-40(68)55-24-39(67)53-19-10-20-54-44(69)31-16-14-30(15-17-31)43-32-11-7-8-12-33(32)62-63-43)57-48(73)37(23-38(51)66)58-47(72)36(22-27(3)4)59-49(74)41(28(5)64)61-50(75)42(29(6)65)60-46(71)34-13-9-18-52-34/h7-8,11-12,14-17,26-29,34-37,41-42,52,64-65H,9-10,13,18-25H2,1-6H3,(H2,51,66)(H,53,67)(H,54,69)(H,55,68)(H,56,70)(H,57,73)(H,58,72)(H,59,74)(H,60,71)(H,61,75)(H,62,63)/t28-,29-,34+,35+,36+,37+,41+,42+/m1/s1. The van der Waals surface area contributed by atoms with Crippen molar-refractivity contribution in [3.63, 3.8) is 0 Å². The second kappa shape index (κ2) is 29.4. The van der Waals surface area contributed by atoms with E-state index in [2.05, 4.69) is 63.4 Å². The zero-order valence-electron chi connectivity index (χ0n) is 43.2. The van der Waals surface area contributed by atoms with Gasteiger partial charge < -0.3 is 69.1 Å². The maximum atomic E-state index is 13.8. The number of carbonyl (C=O) groups excluding carboxylic acids is 10. The number of aliphatic hydroxyl groups is 2. The van der Waals surface area contributed by atoms with Gasteiger partial charge in [-0.15, -0.1) is 0 Å². The van der Waals surface area contributed by atoms with E-state index in [4.69, 9.17) is 5.73 Å². The van der Waals surface area contributed by atoms with Gasteiger partial charge in [-0.05, 0) is 82.5 Å². The van der Waals surface area contributed by atoms with E-state index in [9.17, 15) is 58.2 Å². The van der Waals surface area contributed by atoms with Crippen LogP contribution in [-0.2, 0) is 43.2 Å². The van der Waals surface area contributed by atoms with Gasteiger partial charge in [0.15, 0.2) is 0 Å². The Bertz CT molecular complexity index is 2470. The highest BCUT2D eigenvalue weighted by Crippen LogP contribution is 2.26. The lowest BCUT2D eigenvalue weighted by atomic mass is 10.0. The average Bonchev–Trinajstić information content (AvgIpc) is 4.06. The summed E-state index contributed by atoms with van der Waals surface area (Å²) in [5, 5.41) is 54.6. The number of hydrogen-bond acceptors (Lipinski definition) is 14. The number of aliphatic hydroxyl groups excluding tert-OH is 2. The Morgan fingerprint density at radius 2 is 1.19 bits per heavy atom. The number of aromatic amines is 1. The number of nitrogens with two attached hydrogens (primary N) is 1. The van der Waals surface area contributed by atoms with E-state index >= 15 is 0 Å². The monoisotopic (exact) mass is 1050 g/mol. The first kappa shape index (κ1) is 60.0. The molecule has 15 N–H and O–H groups in total. The van der Waals surface area contributed by atoms with Crippen molar-refractivity contribution in [2.24, 2.45) is 17.6 Å². The van der Waals surface area contributed by atoms with Crippen LogP contribution in [0.1, 0.15) is 90.4 Å². The third kappa shape index (κ3) is 19.4. The summed E-state index contributed by atoms with van der Waals surface area (Å²) in [6, 6.07) is 6.60. The molecule has 0 spiro atoms. The zero-order chi connectivity index (χ0) is 55.4. The maximum Gasteiger partial charge on any atom is 0.251 e. The first-order chi connectivity index (χ1) is 35.5. The number of fused-ring (bicyclic) bond motifs is 1. The van der Waals surface area contributed by atoms with Crippen molar-refractivity contribution in [1.29, 1.82) is 0 Å². The van der Waals surface area contributed by atoms with Crippen LogP contribution in [0.5, 0.6) is 0 Å². The molecule has 0 radical (unpaired) electrons. The molecule has 4 rings (SSSR count). The largest absolute Gasteiger partial charge is 0.391 e. The van der Waals surface area contributed by atoms with Gasteiger partial charge in [0.05, 0.1) is 49.0 Å². The maximum absolute atomic E-state index is 13.8. The van der Waals surface area contributed by atoms with Crippen LogP contribution in [0.3, 0.4) is 0 Å². The number of nitrogens with zero attached hydrogens (tertiary/aromatic N) is 1. The minimum absolute atomic E-state index is 0.0330. The van der Waals surface area contributed by atoms with Gasteiger partial charge in [0, 0.05) is 29.6 Å². The summed E-state index contributed by atoms with van der Waals surface area (Å²) in [4.78, 5) is 131. The van der Waals surface area contributed by atoms with Gasteiger partial charge in [-0.2, -0.15) is 5.10 Å². The summed E-state index contributed by atoms with van der Waals surface area (Å²) in [5.41, 5.74) is 8.42. The van der Waals surface area contributed by atoms with Crippen LogP contribution in [0.2, 0.25) is 0 Å². The zero-order valence-corrected chi connectivity index (χ0v) is 43.2. The number of hydrogen-bond donors (Lipinski definition) is 14. The Labute approximate surface area is 434 Å². The summed E-state index contributed by atoms with van der Waals surface area (Å²) in [7, 11) is 0. The number of amides is 10. The SMILES string of the molecule is CC(C)C[C@H](NC(=O)[C@H](CC(N)=O)NC(=O)[C@H](CC(C)C)NC(=O)[C@@H](NC(=O)[C@@H](NC(=O)[C@@H]1CCCN1)[C@@H](C)O)[C@@H](C)O)C(=O)NCC(=O)NCC(=O)NCCCNC(=O)c1ccc(-c2n[nH]c3ccccc23)cc1. The fourth-order valence-electron chi connectivity index (χ4n) is 8.02. The van der Waals surface area contributed by atoms with Crippen LogP contribution in [0.25, 0.3) is 22.2 Å². The van der Waals surface area contributed by atoms with E-state index in [-0.39, 0.29) is 43.7 Å². The molecule has 1 fully saturated rings. The molecule has 8 atom stereocenters. The lowest BCUT2D eigenvalue weighted by Gasteiger charge is -2.29. The van der Waals surface area contributed by atoms with Gasteiger partial charge in [0.2, 0.25) is 53.2 Å².